The van der Waals surface area contributed by atoms with E-state index in [1.807, 2.05) is 0 Å². The second-order valence-corrected chi connectivity index (χ2v) is 15.8. The van der Waals surface area contributed by atoms with Crippen molar-refractivity contribution >= 4 is 29.4 Å². The number of benzene rings is 2. The minimum Gasteiger partial charge on any atom is -0.507 e. The zero-order valence-corrected chi connectivity index (χ0v) is 34.7. The molecule has 1 aromatic heterocycles. The van der Waals surface area contributed by atoms with Gasteiger partial charge in [-0.3, -0.25) is 19.3 Å². The molecule has 2 aliphatic heterocycles. The second kappa shape index (κ2) is 18.6. The standard InChI is InChI=1S/C41H49N5O17/c1-20-34(49)24(42-9-12-59-19-28-45(10-4-5-11-60-28)40(54)61-18-21-16-43-39(44(21)2)46(56)57)13-29(62-20)63-26-15-41(55,27(48)17-47)14-23-31(26)38(53)33-32(36(23)51)35(50)22-7-6-8-25(58-3)30(22)37(33)52/h6-8,16,20,24,26,28-29,34,42,47,49,51,53,55H,4-5,9-15,17-19H2,1-3H3/t20-,24?,26-,28?,29-,34?,41-/m0/s1. The molecule has 0 spiro atoms. The third-order valence-electron chi connectivity index (χ3n) is 11.9. The molecule has 0 radical (unpaired) electrons. The molecule has 22 heteroatoms. The highest BCUT2D eigenvalue weighted by molar-refractivity contribution is 6.31. The number of nitrogens with zero attached hydrogens (tertiary/aromatic N) is 4. The monoisotopic (exact) mass is 883 g/mol. The number of aliphatic hydroxyl groups excluding tert-OH is 2. The Morgan fingerprint density at radius 3 is 2.60 bits per heavy atom. The summed E-state index contributed by atoms with van der Waals surface area (Å²) >= 11 is 0. The Hall–Kier alpha value is -5.59. The van der Waals surface area contributed by atoms with Gasteiger partial charge >= 0.3 is 12.0 Å². The Balaban J connectivity index is 1.03. The molecule has 0 saturated carbocycles. The van der Waals surface area contributed by atoms with E-state index in [1.54, 1.807) is 6.92 Å². The molecule has 7 rings (SSSR count). The van der Waals surface area contributed by atoms with E-state index >= 15 is 0 Å². The number of hydrogen-bond acceptors (Lipinski definition) is 19. The second-order valence-electron chi connectivity index (χ2n) is 15.8. The SMILES string of the molecule is COc1cccc2c1C(=O)c1c(O)c3c(c(O)c1C2=O)C[C@@](O)(C(=O)CO)C[C@@H]3O[C@H]1CC(NCCOCC2OCCCCN2C(=O)OCc2cnc([N+](=O)[O-])n2C)C(O)[C@H](C)O1. The third-order valence-corrected chi connectivity index (χ3v) is 11.9. The molecule has 3 aromatic rings. The van der Waals surface area contributed by atoms with Crippen molar-refractivity contribution in [3.8, 4) is 17.2 Å². The zero-order chi connectivity index (χ0) is 45.3. The van der Waals surface area contributed by atoms with E-state index < -0.39 is 119 Å². The molecule has 340 valence electrons. The summed E-state index contributed by atoms with van der Waals surface area (Å²) in [6, 6.07) is 3.64. The number of aromatic nitrogens is 2. The number of imidazole rings is 1. The minimum absolute atomic E-state index is 0.0193. The van der Waals surface area contributed by atoms with Crippen LogP contribution in [0.3, 0.4) is 0 Å². The fourth-order valence-corrected chi connectivity index (χ4v) is 8.56. The number of amides is 1. The zero-order valence-electron chi connectivity index (χ0n) is 34.7. The first kappa shape index (κ1) is 45.4. The molecule has 22 nitrogen and oxygen atoms in total. The van der Waals surface area contributed by atoms with Gasteiger partial charge < -0.3 is 69.4 Å². The van der Waals surface area contributed by atoms with Crippen molar-refractivity contribution in [3.63, 3.8) is 0 Å². The lowest BCUT2D eigenvalue weighted by atomic mass is 9.72. The predicted octanol–water partition coefficient (Wildman–Crippen LogP) is 1.07. The van der Waals surface area contributed by atoms with Crippen LogP contribution in [0.4, 0.5) is 10.7 Å². The van der Waals surface area contributed by atoms with Crippen molar-refractivity contribution in [3.05, 3.63) is 73.6 Å². The number of Topliss-reactive ketones (excluding diaryl/α,β-unsaturated/α-hetero) is 1. The number of hydrogen-bond donors (Lipinski definition) is 6. The number of carbonyl (C=O) groups is 4. The van der Waals surface area contributed by atoms with Gasteiger partial charge in [0.05, 0.1) is 62.4 Å². The predicted molar refractivity (Wildman–Crippen MR) is 212 cm³/mol. The third kappa shape index (κ3) is 8.72. The maximum atomic E-state index is 14.0. The van der Waals surface area contributed by atoms with Gasteiger partial charge in [-0.1, -0.05) is 17.1 Å². The van der Waals surface area contributed by atoms with Gasteiger partial charge in [0.15, 0.2) is 36.4 Å². The van der Waals surface area contributed by atoms with Crippen LogP contribution in [0.25, 0.3) is 0 Å². The van der Waals surface area contributed by atoms with Crippen LogP contribution in [0, 0.1) is 10.1 Å². The molecule has 3 unspecified atom stereocenters. The van der Waals surface area contributed by atoms with Crippen LogP contribution in [-0.4, -0.2) is 151 Å². The summed E-state index contributed by atoms with van der Waals surface area (Å²) in [5.74, 6) is -4.43. The molecule has 2 aliphatic carbocycles. The summed E-state index contributed by atoms with van der Waals surface area (Å²) in [7, 11) is 2.75. The highest BCUT2D eigenvalue weighted by Crippen LogP contribution is 2.52. The Kier molecular flexibility index (Phi) is 13.4. The maximum Gasteiger partial charge on any atom is 0.434 e. The van der Waals surface area contributed by atoms with Gasteiger partial charge in [0.2, 0.25) is 5.78 Å². The minimum atomic E-state index is -2.34. The maximum absolute atomic E-state index is 14.0. The molecular formula is C41H49N5O17. The normalized spacial score (nSPS) is 25.7. The summed E-state index contributed by atoms with van der Waals surface area (Å²) in [4.78, 5) is 69.5. The number of ketones is 3. The number of carbonyl (C=O) groups excluding carboxylic acids is 4. The van der Waals surface area contributed by atoms with E-state index in [1.165, 1.54) is 48.0 Å². The van der Waals surface area contributed by atoms with Gasteiger partial charge in [0.25, 0.3) is 0 Å². The van der Waals surface area contributed by atoms with E-state index in [9.17, 15) is 54.8 Å². The van der Waals surface area contributed by atoms with E-state index in [-0.39, 0.29) is 60.8 Å². The number of phenolic OH excluding ortho intramolecular Hbond substituents is 2. The highest BCUT2D eigenvalue weighted by atomic mass is 16.7. The number of nitrogens with one attached hydrogen (secondary N) is 1. The molecule has 7 atom stereocenters. The fraction of sp³-hybridized carbons (Fsp3) is 0.537. The van der Waals surface area contributed by atoms with E-state index in [0.29, 0.717) is 31.7 Å². The van der Waals surface area contributed by atoms with Crippen LogP contribution in [0.2, 0.25) is 0 Å². The summed E-state index contributed by atoms with van der Waals surface area (Å²) in [5, 5.41) is 70.3. The first-order valence-corrected chi connectivity index (χ1v) is 20.3. The lowest BCUT2D eigenvalue weighted by molar-refractivity contribution is -0.396. The number of methoxy groups -OCH3 is 1. The van der Waals surface area contributed by atoms with Crippen LogP contribution in [0.1, 0.15) is 87.4 Å². The summed E-state index contributed by atoms with van der Waals surface area (Å²) in [6.45, 7) is 1.19. The van der Waals surface area contributed by atoms with E-state index in [4.69, 9.17) is 28.4 Å². The molecule has 0 bridgehead atoms. The summed E-state index contributed by atoms with van der Waals surface area (Å²) in [6.07, 6.45) is -4.62. The first-order chi connectivity index (χ1) is 30.1. The number of nitro groups is 1. The van der Waals surface area contributed by atoms with Gasteiger partial charge in [-0.2, -0.15) is 0 Å². The molecule has 1 amide bonds. The molecule has 4 aliphatic rings. The summed E-state index contributed by atoms with van der Waals surface area (Å²) < 4.78 is 36.1. The largest absolute Gasteiger partial charge is 0.507 e. The molecule has 63 heavy (non-hydrogen) atoms. The van der Waals surface area contributed by atoms with Gasteiger partial charge in [0.1, 0.15) is 35.7 Å². The number of rotatable bonds is 14. The van der Waals surface area contributed by atoms with E-state index in [2.05, 4.69) is 10.3 Å². The van der Waals surface area contributed by atoms with Crippen LogP contribution < -0.4 is 10.1 Å². The smallest absolute Gasteiger partial charge is 0.434 e. The average Bonchev–Trinajstić information content (AvgIpc) is 3.47. The molecular weight excluding hydrogens is 834 g/mol. The Labute approximate surface area is 359 Å². The molecule has 2 aromatic carbocycles. The van der Waals surface area contributed by atoms with Gasteiger partial charge in [-0.05, 0) is 30.8 Å². The Bertz CT molecular complexity index is 2280. The number of aliphatic hydroxyl groups is 3. The van der Waals surface area contributed by atoms with Crippen molar-refractivity contribution in [1.29, 1.82) is 0 Å². The number of fused-ring (bicyclic) bond motifs is 3. The van der Waals surface area contributed by atoms with Crippen molar-refractivity contribution in [1.82, 2.24) is 19.8 Å². The lowest BCUT2D eigenvalue weighted by Crippen LogP contribution is -2.55. The molecule has 6 N–H and O–H groups in total. The Morgan fingerprint density at radius 1 is 1.13 bits per heavy atom. The summed E-state index contributed by atoms with van der Waals surface area (Å²) in [5.41, 5.74) is -3.67. The fourth-order valence-electron chi connectivity index (χ4n) is 8.56. The first-order valence-electron chi connectivity index (χ1n) is 20.3. The number of phenols is 2. The number of aromatic hydroxyl groups is 2. The van der Waals surface area contributed by atoms with Crippen molar-refractivity contribution in [2.24, 2.45) is 7.05 Å². The van der Waals surface area contributed by atoms with Crippen LogP contribution in [0.15, 0.2) is 24.4 Å². The lowest BCUT2D eigenvalue weighted by Gasteiger charge is -2.43. The van der Waals surface area contributed by atoms with Crippen LogP contribution in [0.5, 0.6) is 17.2 Å². The average molecular weight is 884 g/mol. The quantitative estimate of drug-likeness (QED) is 0.0447. The molecule has 2 saturated heterocycles. The van der Waals surface area contributed by atoms with Crippen molar-refractivity contribution in [2.75, 3.05) is 46.6 Å². The highest BCUT2D eigenvalue weighted by Gasteiger charge is 2.50. The Morgan fingerprint density at radius 2 is 1.89 bits per heavy atom. The van der Waals surface area contributed by atoms with Gasteiger partial charge in [-0.25, -0.2) is 9.36 Å². The van der Waals surface area contributed by atoms with Gasteiger partial charge in [-0.15, -0.1) is 0 Å². The van der Waals surface area contributed by atoms with Crippen molar-refractivity contribution in [2.45, 2.75) is 88.1 Å². The molecule has 2 fully saturated rings. The van der Waals surface area contributed by atoms with Crippen LogP contribution in [-0.2, 0) is 48.6 Å². The molecule has 3 heterocycles. The van der Waals surface area contributed by atoms with E-state index in [0.717, 1.165) is 0 Å². The van der Waals surface area contributed by atoms with Crippen molar-refractivity contribution < 1.29 is 78.1 Å². The van der Waals surface area contributed by atoms with Crippen LogP contribution >= 0.6 is 0 Å². The van der Waals surface area contributed by atoms with Gasteiger partial charge in [0, 0.05) is 61.7 Å². The topological polar surface area (TPSA) is 301 Å². The number of ether oxygens (including phenoxy) is 6.